The maximum atomic E-state index is 11.6. The van der Waals surface area contributed by atoms with Gasteiger partial charge in [0.15, 0.2) is 0 Å². The Hall–Kier alpha value is -1.35. The number of carbonyl (C=O) groups excluding carboxylic acids is 1. The lowest BCUT2D eigenvalue weighted by Gasteiger charge is -2.20. The molecule has 0 aliphatic heterocycles. The van der Waals surface area contributed by atoms with E-state index in [2.05, 4.69) is 24.4 Å². The summed E-state index contributed by atoms with van der Waals surface area (Å²) in [6, 6.07) is 7.95. The van der Waals surface area contributed by atoms with Crippen molar-refractivity contribution in [3.05, 3.63) is 35.4 Å². The van der Waals surface area contributed by atoms with Gasteiger partial charge in [-0.1, -0.05) is 31.2 Å². The van der Waals surface area contributed by atoms with Crippen LogP contribution in [-0.4, -0.2) is 11.9 Å². The lowest BCUT2D eigenvalue weighted by Crippen LogP contribution is -2.41. The van der Waals surface area contributed by atoms with Crippen LogP contribution >= 0.6 is 0 Å². The van der Waals surface area contributed by atoms with E-state index in [0.29, 0.717) is 5.92 Å². The Balaban J connectivity index is 2.19. The summed E-state index contributed by atoms with van der Waals surface area (Å²) < 4.78 is 0. The van der Waals surface area contributed by atoms with Gasteiger partial charge < -0.3 is 11.1 Å². The number of fused-ring (bicyclic) bond motifs is 1. The number of rotatable bonds is 2. The van der Waals surface area contributed by atoms with E-state index in [1.54, 1.807) is 6.92 Å². The molecule has 1 aromatic carbocycles. The number of hydrogen-bond acceptors (Lipinski definition) is 2. The van der Waals surface area contributed by atoms with Gasteiger partial charge >= 0.3 is 0 Å². The van der Waals surface area contributed by atoms with Crippen LogP contribution in [0.4, 0.5) is 0 Å². The standard InChI is InChI=1S/C13H18N2O/c1-8-7-10-5-3-4-6-11(10)12(8)15-13(16)9(2)14/h3-6,8-9,12H,7,14H2,1-2H3,(H,15,16)/t8?,9-,12?/m1/s1. The Bertz CT molecular complexity index is 401. The van der Waals surface area contributed by atoms with E-state index in [-0.39, 0.29) is 11.9 Å². The molecule has 3 heteroatoms. The molecule has 1 amide bonds. The first-order valence-corrected chi connectivity index (χ1v) is 5.73. The predicted octanol–water partition coefficient (Wildman–Crippen LogP) is 1.38. The van der Waals surface area contributed by atoms with Crippen molar-refractivity contribution in [3.8, 4) is 0 Å². The Morgan fingerprint density at radius 2 is 2.19 bits per heavy atom. The predicted molar refractivity (Wildman–Crippen MR) is 63.8 cm³/mol. The lowest BCUT2D eigenvalue weighted by atomic mass is 10.0. The van der Waals surface area contributed by atoms with Crippen LogP contribution in [0.15, 0.2) is 24.3 Å². The van der Waals surface area contributed by atoms with Crippen molar-refractivity contribution in [1.29, 1.82) is 0 Å². The summed E-state index contributed by atoms with van der Waals surface area (Å²) in [6.07, 6.45) is 1.03. The molecule has 0 saturated carbocycles. The van der Waals surface area contributed by atoms with E-state index >= 15 is 0 Å². The van der Waals surface area contributed by atoms with Crippen molar-refractivity contribution < 1.29 is 4.79 Å². The van der Waals surface area contributed by atoms with Crippen LogP contribution < -0.4 is 11.1 Å². The number of nitrogens with two attached hydrogens (primary N) is 1. The topological polar surface area (TPSA) is 55.1 Å². The SMILES string of the molecule is CC1Cc2ccccc2C1NC(=O)[C@@H](C)N. The van der Waals surface area contributed by atoms with E-state index in [1.165, 1.54) is 11.1 Å². The summed E-state index contributed by atoms with van der Waals surface area (Å²) in [7, 11) is 0. The normalized spacial score (nSPS) is 24.9. The first-order chi connectivity index (χ1) is 7.59. The van der Waals surface area contributed by atoms with Gasteiger partial charge in [0.2, 0.25) is 5.91 Å². The summed E-state index contributed by atoms with van der Waals surface area (Å²) in [5, 5.41) is 3.02. The second-order valence-corrected chi connectivity index (χ2v) is 4.66. The molecule has 0 spiro atoms. The number of hydrogen-bond donors (Lipinski definition) is 2. The van der Waals surface area contributed by atoms with E-state index in [4.69, 9.17) is 5.73 Å². The fourth-order valence-electron chi connectivity index (χ4n) is 2.30. The van der Waals surface area contributed by atoms with Crippen LogP contribution in [0.2, 0.25) is 0 Å². The molecule has 0 bridgehead atoms. The van der Waals surface area contributed by atoms with Crippen molar-refractivity contribution in [3.63, 3.8) is 0 Å². The number of nitrogens with one attached hydrogen (secondary N) is 1. The zero-order valence-electron chi connectivity index (χ0n) is 9.73. The smallest absolute Gasteiger partial charge is 0.237 e. The van der Waals surface area contributed by atoms with Gasteiger partial charge in [0, 0.05) is 0 Å². The van der Waals surface area contributed by atoms with Crippen molar-refractivity contribution in [1.82, 2.24) is 5.32 Å². The summed E-state index contributed by atoms with van der Waals surface area (Å²) in [6.45, 7) is 3.87. The minimum Gasteiger partial charge on any atom is -0.348 e. The molecule has 3 nitrogen and oxygen atoms in total. The number of amides is 1. The Labute approximate surface area is 96.0 Å². The average molecular weight is 218 g/mol. The number of benzene rings is 1. The molecule has 2 unspecified atom stereocenters. The van der Waals surface area contributed by atoms with Gasteiger partial charge in [-0.3, -0.25) is 4.79 Å². The summed E-state index contributed by atoms with van der Waals surface area (Å²) in [5.74, 6) is 0.369. The molecule has 1 aliphatic carbocycles. The zero-order chi connectivity index (χ0) is 11.7. The highest BCUT2D eigenvalue weighted by Gasteiger charge is 2.30. The molecule has 0 fully saturated rings. The molecule has 0 saturated heterocycles. The Kier molecular flexibility index (Phi) is 2.97. The molecule has 16 heavy (non-hydrogen) atoms. The highest BCUT2D eigenvalue weighted by Crippen LogP contribution is 2.35. The number of carbonyl (C=O) groups is 1. The van der Waals surface area contributed by atoms with Gasteiger partial charge in [-0.25, -0.2) is 0 Å². The van der Waals surface area contributed by atoms with Crippen molar-refractivity contribution >= 4 is 5.91 Å². The second-order valence-electron chi connectivity index (χ2n) is 4.66. The molecule has 0 aromatic heterocycles. The fourth-order valence-corrected chi connectivity index (χ4v) is 2.30. The molecule has 1 aliphatic rings. The summed E-state index contributed by atoms with van der Waals surface area (Å²) in [4.78, 5) is 11.6. The third kappa shape index (κ3) is 1.95. The molecule has 86 valence electrons. The van der Waals surface area contributed by atoms with Gasteiger partial charge in [-0.05, 0) is 30.4 Å². The van der Waals surface area contributed by atoms with Crippen molar-refractivity contribution in [2.45, 2.75) is 32.4 Å². The quantitative estimate of drug-likeness (QED) is 0.788. The van der Waals surface area contributed by atoms with Crippen molar-refractivity contribution in [2.75, 3.05) is 0 Å². The second kappa shape index (κ2) is 4.26. The molecule has 3 atom stereocenters. The van der Waals surface area contributed by atoms with Crippen molar-refractivity contribution in [2.24, 2.45) is 11.7 Å². The van der Waals surface area contributed by atoms with Crippen LogP contribution in [0.25, 0.3) is 0 Å². The van der Waals surface area contributed by atoms with E-state index < -0.39 is 6.04 Å². The third-order valence-electron chi connectivity index (χ3n) is 3.21. The van der Waals surface area contributed by atoms with Gasteiger partial charge in [-0.2, -0.15) is 0 Å². The molecular formula is C13H18N2O. The maximum Gasteiger partial charge on any atom is 0.237 e. The third-order valence-corrected chi connectivity index (χ3v) is 3.21. The lowest BCUT2D eigenvalue weighted by molar-refractivity contribution is -0.123. The highest BCUT2D eigenvalue weighted by atomic mass is 16.2. The van der Waals surface area contributed by atoms with E-state index in [1.807, 2.05) is 12.1 Å². The average Bonchev–Trinajstić information content (AvgIpc) is 2.55. The molecular weight excluding hydrogens is 200 g/mol. The Morgan fingerprint density at radius 3 is 2.88 bits per heavy atom. The van der Waals surface area contributed by atoms with Crippen LogP contribution in [-0.2, 0) is 11.2 Å². The molecule has 2 rings (SSSR count). The minimum absolute atomic E-state index is 0.0754. The van der Waals surface area contributed by atoms with Gasteiger partial charge in [-0.15, -0.1) is 0 Å². The van der Waals surface area contributed by atoms with Crippen LogP contribution in [0.1, 0.15) is 31.0 Å². The van der Waals surface area contributed by atoms with E-state index in [9.17, 15) is 4.79 Å². The highest BCUT2D eigenvalue weighted by molar-refractivity contribution is 5.81. The molecule has 1 aromatic rings. The van der Waals surface area contributed by atoms with Gasteiger partial charge in [0.1, 0.15) is 0 Å². The summed E-state index contributed by atoms with van der Waals surface area (Å²) >= 11 is 0. The minimum atomic E-state index is -0.444. The van der Waals surface area contributed by atoms with Crippen LogP contribution in [0, 0.1) is 5.92 Å². The monoisotopic (exact) mass is 218 g/mol. The zero-order valence-corrected chi connectivity index (χ0v) is 9.73. The van der Waals surface area contributed by atoms with E-state index in [0.717, 1.165) is 6.42 Å². The van der Waals surface area contributed by atoms with Crippen LogP contribution in [0.3, 0.4) is 0 Å². The Morgan fingerprint density at radius 1 is 1.50 bits per heavy atom. The van der Waals surface area contributed by atoms with Crippen LogP contribution in [0.5, 0.6) is 0 Å². The first kappa shape index (κ1) is 11.1. The van der Waals surface area contributed by atoms with Gasteiger partial charge in [0.25, 0.3) is 0 Å². The molecule has 3 N–H and O–H groups in total. The first-order valence-electron chi connectivity index (χ1n) is 5.73. The summed E-state index contributed by atoms with van der Waals surface area (Å²) in [5.41, 5.74) is 8.15. The largest absolute Gasteiger partial charge is 0.348 e. The molecule has 0 heterocycles. The van der Waals surface area contributed by atoms with Gasteiger partial charge in [0.05, 0.1) is 12.1 Å². The maximum absolute atomic E-state index is 11.6. The fraction of sp³-hybridized carbons (Fsp3) is 0.462. The molecule has 0 radical (unpaired) electrons.